The molecule has 0 unspecified atom stereocenters. The number of carbonyl (C=O) groups excluding carboxylic acids is 1. The van der Waals surface area contributed by atoms with Crippen molar-refractivity contribution in [2.75, 3.05) is 39.8 Å². The summed E-state index contributed by atoms with van der Waals surface area (Å²) in [6, 6.07) is 13.4. The monoisotopic (exact) mass is 403 g/mol. The summed E-state index contributed by atoms with van der Waals surface area (Å²) in [4.78, 5) is 16.9. The summed E-state index contributed by atoms with van der Waals surface area (Å²) < 4.78 is 26.9. The number of nitrogens with one attached hydrogen (secondary N) is 2. The zero-order valence-electron chi connectivity index (χ0n) is 17.4. The second-order valence-electron chi connectivity index (χ2n) is 8.22. The minimum absolute atomic E-state index is 0.0202. The molecule has 6 heteroatoms. The number of piperazine rings is 1. The predicted molar refractivity (Wildman–Crippen MR) is 109 cm³/mol. The molecule has 2 N–H and O–H groups in total. The highest BCUT2D eigenvalue weighted by atomic mass is 19.1. The predicted octanol–water partition coefficient (Wildman–Crippen LogP) is 0.704. The lowest BCUT2D eigenvalue weighted by Gasteiger charge is -2.35. The molecule has 0 spiro atoms. The number of benzene rings is 2. The Morgan fingerprint density at radius 1 is 0.897 bits per heavy atom. The molecular weight excluding hydrogens is 372 g/mol. The van der Waals surface area contributed by atoms with E-state index in [2.05, 4.69) is 0 Å². The number of rotatable bonds is 6. The fraction of sp³-hybridized carbons (Fsp3) is 0.435. The molecular formula is C23H31F2N3O+2. The summed E-state index contributed by atoms with van der Waals surface area (Å²) in [5.41, 5.74) is 2.04. The third kappa shape index (κ3) is 5.40. The number of nitrogens with zero attached hydrogens (tertiary/aromatic N) is 1. The average molecular weight is 404 g/mol. The van der Waals surface area contributed by atoms with Gasteiger partial charge in [0.1, 0.15) is 43.9 Å². The molecule has 0 saturated carbocycles. The van der Waals surface area contributed by atoms with E-state index in [1.165, 1.54) is 34.1 Å². The molecule has 2 aromatic rings. The maximum Gasteiger partial charge on any atom is 0.277 e. The van der Waals surface area contributed by atoms with E-state index in [-0.39, 0.29) is 29.6 Å². The van der Waals surface area contributed by atoms with Crippen molar-refractivity contribution in [3.05, 3.63) is 71.3 Å². The standard InChI is InChI=1S/C23H29F2N3O/c1-17(2)26(3)22(29)16-27-12-14-28(15-13-27)23(18-4-8-20(24)9-5-18)19-6-10-21(25)11-7-19/h4-11,17,23H,12-16H2,1-3H3/p+2. The molecule has 0 aromatic heterocycles. The van der Waals surface area contributed by atoms with E-state index < -0.39 is 0 Å². The molecule has 29 heavy (non-hydrogen) atoms. The van der Waals surface area contributed by atoms with E-state index in [4.69, 9.17) is 0 Å². The van der Waals surface area contributed by atoms with Crippen LogP contribution in [-0.2, 0) is 4.79 Å². The van der Waals surface area contributed by atoms with Crippen LogP contribution in [0, 0.1) is 11.6 Å². The van der Waals surface area contributed by atoms with Gasteiger partial charge in [0.2, 0.25) is 0 Å². The van der Waals surface area contributed by atoms with Crippen LogP contribution >= 0.6 is 0 Å². The van der Waals surface area contributed by atoms with Crippen molar-refractivity contribution in [2.45, 2.75) is 25.9 Å². The Morgan fingerprint density at radius 3 is 1.76 bits per heavy atom. The van der Waals surface area contributed by atoms with Gasteiger partial charge in [0.05, 0.1) is 0 Å². The van der Waals surface area contributed by atoms with Crippen LogP contribution in [0.5, 0.6) is 0 Å². The highest BCUT2D eigenvalue weighted by Crippen LogP contribution is 2.20. The number of hydrogen-bond donors (Lipinski definition) is 2. The molecule has 1 aliphatic rings. The molecule has 0 aliphatic carbocycles. The molecule has 1 saturated heterocycles. The Labute approximate surface area is 171 Å². The SMILES string of the molecule is CC(C)N(C)C(=O)C[NH+]1CC[NH+](C(c2ccc(F)cc2)c2ccc(F)cc2)CC1. The summed E-state index contributed by atoms with van der Waals surface area (Å²) in [6.45, 7) is 8.13. The van der Waals surface area contributed by atoms with Crippen molar-refractivity contribution in [1.29, 1.82) is 0 Å². The Hall–Kier alpha value is -2.31. The van der Waals surface area contributed by atoms with Crippen LogP contribution in [0.3, 0.4) is 0 Å². The second-order valence-corrected chi connectivity index (χ2v) is 8.22. The molecule has 0 radical (unpaired) electrons. The first-order valence-corrected chi connectivity index (χ1v) is 10.3. The van der Waals surface area contributed by atoms with Gasteiger partial charge in [-0.1, -0.05) is 0 Å². The summed E-state index contributed by atoms with van der Waals surface area (Å²) in [5, 5.41) is 0. The van der Waals surface area contributed by atoms with Crippen LogP contribution in [0.25, 0.3) is 0 Å². The van der Waals surface area contributed by atoms with Crippen molar-refractivity contribution in [2.24, 2.45) is 0 Å². The summed E-state index contributed by atoms with van der Waals surface area (Å²) >= 11 is 0. The lowest BCUT2D eigenvalue weighted by atomic mass is 9.96. The average Bonchev–Trinajstić information content (AvgIpc) is 2.71. The third-order valence-electron chi connectivity index (χ3n) is 5.98. The van der Waals surface area contributed by atoms with Gasteiger partial charge in [-0.3, -0.25) is 4.79 Å². The molecule has 0 bridgehead atoms. The number of carbonyl (C=O) groups is 1. The first kappa shape index (κ1) is 21.4. The topological polar surface area (TPSA) is 29.2 Å². The van der Waals surface area contributed by atoms with Crippen molar-refractivity contribution in [3.63, 3.8) is 0 Å². The summed E-state index contributed by atoms with van der Waals surface area (Å²) in [6.07, 6.45) is 0. The quantitative estimate of drug-likeness (QED) is 0.731. The van der Waals surface area contributed by atoms with E-state index in [1.807, 2.05) is 45.2 Å². The van der Waals surface area contributed by atoms with Crippen molar-refractivity contribution >= 4 is 5.91 Å². The van der Waals surface area contributed by atoms with Gasteiger partial charge in [-0.2, -0.15) is 0 Å². The molecule has 1 heterocycles. The number of halogens is 2. The molecule has 1 amide bonds. The van der Waals surface area contributed by atoms with Crippen molar-refractivity contribution in [3.8, 4) is 0 Å². The van der Waals surface area contributed by atoms with E-state index in [9.17, 15) is 13.6 Å². The van der Waals surface area contributed by atoms with Gasteiger partial charge in [0.15, 0.2) is 6.54 Å². The summed E-state index contributed by atoms with van der Waals surface area (Å²) in [7, 11) is 1.85. The number of hydrogen-bond acceptors (Lipinski definition) is 1. The molecule has 3 rings (SSSR count). The van der Waals surface area contributed by atoms with Crippen molar-refractivity contribution in [1.82, 2.24) is 4.90 Å². The fourth-order valence-electron chi connectivity index (χ4n) is 3.99. The van der Waals surface area contributed by atoms with Crippen LogP contribution < -0.4 is 9.80 Å². The second kappa shape index (κ2) is 9.46. The normalized spacial score (nSPS) is 19.6. The zero-order chi connectivity index (χ0) is 21.0. The molecule has 1 fully saturated rings. The minimum atomic E-state index is -0.261. The molecule has 1 aliphatic heterocycles. The smallest absolute Gasteiger partial charge is 0.277 e. The first-order valence-electron chi connectivity index (χ1n) is 10.3. The maximum absolute atomic E-state index is 13.4. The Balaban J connectivity index is 1.72. The zero-order valence-corrected chi connectivity index (χ0v) is 17.4. The van der Waals surface area contributed by atoms with E-state index in [1.54, 1.807) is 4.90 Å². The summed E-state index contributed by atoms with van der Waals surface area (Å²) in [5.74, 6) is -0.348. The highest BCUT2D eigenvalue weighted by molar-refractivity contribution is 5.77. The Morgan fingerprint density at radius 2 is 1.34 bits per heavy atom. The van der Waals surface area contributed by atoms with Gasteiger partial charge in [-0.05, 0) is 62.4 Å². The molecule has 2 aromatic carbocycles. The molecule has 4 nitrogen and oxygen atoms in total. The van der Waals surface area contributed by atoms with Crippen molar-refractivity contribution < 1.29 is 23.4 Å². The highest BCUT2D eigenvalue weighted by Gasteiger charge is 2.33. The molecule has 0 atom stereocenters. The number of likely N-dealkylation sites (N-methyl/N-ethyl adjacent to an activating group) is 1. The van der Waals surface area contributed by atoms with Gasteiger partial charge < -0.3 is 14.7 Å². The van der Waals surface area contributed by atoms with Gasteiger partial charge in [0, 0.05) is 24.2 Å². The van der Waals surface area contributed by atoms with Gasteiger partial charge in [-0.15, -0.1) is 0 Å². The number of quaternary nitrogens is 2. The lowest BCUT2D eigenvalue weighted by molar-refractivity contribution is -1.02. The van der Waals surface area contributed by atoms with Crippen LogP contribution in [-0.4, -0.2) is 56.6 Å². The van der Waals surface area contributed by atoms with E-state index >= 15 is 0 Å². The van der Waals surface area contributed by atoms with E-state index in [0.29, 0.717) is 6.54 Å². The lowest BCUT2D eigenvalue weighted by Crippen LogP contribution is -3.28. The van der Waals surface area contributed by atoms with Crippen LogP contribution in [0.15, 0.2) is 48.5 Å². The van der Waals surface area contributed by atoms with E-state index in [0.717, 1.165) is 37.3 Å². The van der Waals surface area contributed by atoms with Gasteiger partial charge in [-0.25, -0.2) is 8.78 Å². The van der Waals surface area contributed by atoms with Crippen LogP contribution in [0.1, 0.15) is 31.0 Å². The van der Waals surface area contributed by atoms with Crippen LogP contribution in [0.4, 0.5) is 8.78 Å². The van der Waals surface area contributed by atoms with Gasteiger partial charge in [0.25, 0.3) is 5.91 Å². The third-order valence-corrected chi connectivity index (χ3v) is 5.98. The number of amides is 1. The van der Waals surface area contributed by atoms with Gasteiger partial charge >= 0.3 is 0 Å². The minimum Gasteiger partial charge on any atom is -0.338 e. The first-order chi connectivity index (χ1) is 13.8. The fourth-order valence-corrected chi connectivity index (χ4v) is 3.99. The Kier molecular flexibility index (Phi) is 6.98. The Bertz CT molecular complexity index is 754. The largest absolute Gasteiger partial charge is 0.338 e. The van der Waals surface area contributed by atoms with Crippen LogP contribution in [0.2, 0.25) is 0 Å². The molecule has 156 valence electrons. The maximum atomic E-state index is 13.4.